The molecular weight excluding hydrogens is 382 g/mol. The molecule has 0 saturated carbocycles. The highest BCUT2D eigenvalue weighted by atomic mass is 16.2. The van der Waals surface area contributed by atoms with Crippen molar-refractivity contribution >= 4 is 23.1 Å². The maximum atomic E-state index is 13.0. The first kappa shape index (κ1) is 23.3. The molecule has 164 valence electrons. The zero-order valence-corrected chi connectivity index (χ0v) is 18.4. The molecule has 2 aromatic rings. The molecule has 2 rings (SSSR count). The molecule has 0 radical (unpaired) electrons. The van der Waals surface area contributed by atoms with Gasteiger partial charge in [-0.25, -0.2) is 4.79 Å². The molecule has 1 heterocycles. The Kier molecular flexibility index (Phi) is 8.26. The van der Waals surface area contributed by atoms with Gasteiger partial charge in [-0.05, 0) is 44.0 Å². The molecule has 0 aliphatic heterocycles. The summed E-state index contributed by atoms with van der Waals surface area (Å²) in [6.45, 7) is 8.49. The summed E-state index contributed by atoms with van der Waals surface area (Å²) in [6.07, 6.45) is 3.83. The van der Waals surface area contributed by atoms with Crippen LogP contribution < -0.4 is 26.8 Å². The second kappa shape index (κ2) is 10.7. The van der Waals surface area contributed by atoms with Crippen molar-refractivity contribution in [1.29, 1.82) is 0 Å². The molecule has 30 heavy (non-hydrogen) atoms. The van der Waals surface area contributed by atoms with Crippen molar-refractivity contribution in [2.75, 3.05) is 35.7 Å². The Morgan fingerprint density at radius 2 is 1.70 bits per heavy atom. The number of rotatable bonds is 10. The average molecular weight is 416 g/mol. The van der Waals surface area contributed by atoms with Crippen molar-refractivity contribution < 1.29 is 4.79 Å². The lowest BCUT2D eigenvalue weighted by Crippen LogP contribution is -2.39. The van der Waals surface area contributed by atoms with E-state index in [0.29, 0.717) is 12.1 Å². The van der Waals surface area contributed by atoms with Gasteiger partial charge in [0, 0.05) is 37.9 Å². The molecule has 0 unspecified atom stereocenters. The van der Waals surface area contributed by atoms with E-state index in [1.165, 1.54) is 16.5 Å². The first-order chi connectivity index (χ1) is 14.3. The zero-order chi connectivity index (χ0) is 22.3. The number of carbonyl (C=O) groups excluding carboxylic acids is 1. The predicted octanol–water partition coefficient (Wildman–Crippen LogP) is 2.82. The van der Waals surface area contributed by atoms with Crippen LogP contribution in [0.25, 0.3) is 0 Å². The number of benzene rings is 1. The molecule has 0 aliphatic rings. The second-order valence-corrected chi connectivity index (χ2v) is 7.34. The number of nitrogens with zero attached hydrogens (tertiary/aromatic N) is 3. The molecule has 8 heteroatoms. The molecule has 0 bridgehead atoms. The van der Waals surface area contributed by atoms with Gasteiger partial charge in [0.05, 0.1) is 0 Å². The summed E-state index contributed by atoms with van der Waals surface area (Å²) in [5.74, 6) is -0.363. The van der Waals surface area contributed by atoms with Gasteiger partial charge in [-0.15, -0.1) is 0 Å². The van der Waals surface area contributed by atoms with Crippen LogP contribution >= 0.6 is 0 Å². The maximum Gasteiger partial charge on any atom is 0.330 e. The Balaban J connectivity index is 2.31. The molecule has 0 spiro atoms. The highest BCUT2D eigenvalue weighted by Crippen LogP contribution is 2.20. The largest absolute Gasteiger partial charge is 0.383 e. The molecule has 1 amide bonds. The van der Waals surface area contributed by atoms with E-state index in [0.717, 1.165) is 44.5 Å². The number of aromatic amines is 1. The fourth-order valence-corrected chi connectivity index (χ4v) is 3.37. The van der Waals surface area contributed by atoms with Gasteiger partial charge in [0.25, 0.3) is 11.5 Å². The summed E-state index contributed by atoms with van der Waals surface area (Å²) in [5, 5.41) is 0. The number of hydrogen-bond donors (Lipinski definition) is 2. The monoisotopic (exact) mass is 415 g/mol. The van der Waals surface area contributed by atoms with E-state index in [9.17, 15) is 14.4 Å². The minimum absolute atomic E-state index is 0.00129. The van der Waals surface area contributed by atoms with Crippen molar-refractivity contribution in [3.8, 4) is 0 Å². The van der Waals surface area contributed by atoms with Gasteiger partial charge in [-0.1, -0.05) is 26.7 Å². The number of nitrogen functional groups attached to an aromatic ring is 1. The molecule has 0 atom stereocenters. The number of amides is 1. The van der Waals surface area contributed by atoms with Crippen LogP contribution in [0.5, 0.6) is 0 Å². The van der Waals surface area contributed by atoms with Crippen LogP contribution in [0.2, 0.25) is 0 Å². The van der Waals surface area contributed by atoms with E-state index in [2.05, 4.69) is 23.7 Å². The van der Waals surface area contributed by atoms with Crippen LogP contribution in [-0.4, -0.2) is 35.6 Å². The van der Waals surface area contributed by atoms with Crippen LogP contribution in [-0.2, 0) is 6.54 Å². The number of carbonyl (C=O) groups is 1. The summed E-state index contributed by atoms with van der Waals surface area (Å²) < 4.78 is 1.31. The average Bonchev–Trinajstić information content (AvgIpc) is 2.73. The number of hydrogen-bond acceptors (Lipinski definition) is 5. The molecule has 3 N–H and O–H groups in total. The van der Waals surface area contributed by atoms with E-state index in [4.69, 9.17) is 5.73 Å². The Morgan fingerprint density at radius 3 is 2.27 bits per heavy atom. The second-order valence-electron chi connectivity index (χ2n) is 7.34. The lowest BCUT2D eigenvalue weighted by atomic mass is 10.1. The maximum absolute atomic E-state index is 13.0. The van der Waals surface area contributed by atoms with E-state index in [1.807, 2.05) is 19.1 Å². The quantitative estimate of drug-likeness (QED) is 0.621. The third-order valence-electron chi connectivity index (χ3n) is 5.23. The van der Waals surface area contributed by atoms with Crippen LogP contribution in [0.3, 0.4) is 0 Å². The normalized spacial score (nSPS) is 10.8. The fraction of sp³-hybridized carbons (Fsp3) is 0.500. The van der Waals surface area contributed by atoms with Crippen LogP contribution in [0.15, 0.2) is 33.9 Å². The topological polar surface area (TPSA) is 104 Å². The van der Waals surface area contributed by atoms with Gasteiger partial charge in [-0.2, -0.15) is 0 Å². The SMILES string of the molecule is CCCCN(CC)c1ccc(C(=O)N(C)c2c(N)n(CCCC)c(=O)[nH]c2=O)cc1. The van der Waals surface area contributed by atoms with Gasteiger partial charge in [0.1, 0.15) is 5.82 Å². The van der Waals surface area contributed by atoms with Gasteiger partial charge in [-0.3, -0.25) is 19.1 Å². The number of anilines is 3. The van der Waals surface area contributed by atoms with Crippen molar-refractivity contribution in [2.24, 2.45) is 0 Å². The van der Waals surface area contributed by atoms with Crippen molar-refractivity contribution in [1.82, 2.24) is 9.55 Å². The highest BCUT2D eigenvalue weighted by Gasteiger charge is 2.22. The van der Waals surface area contributed by atoms with Crippen LogP contribution in [0.4, 0.5) is 17.2 Å². The Hall–Kier alpha value is -3.03. The smallest absolute Gasteiger partial charge is 0.330 e. The summed E-state index contributed by atoms with van der Waals surface area (Å²) in [7, 11) is 1.49. The lowest BCUT2D eigenvalue weighted by molar-refractivity contribution is 0.0992. The summed E-state index contributed by atoms with van der Waals surface area (Å²) >= 11 is 0. The standard InChI is InChI=1S/C22H33N5O3/c1-5-8-14-26(7-3)17-12-10-16(11-13-17)21(29)25(4)18-19(23)27(15-9-6-2)22(30)24-20(18)28/h10-13H,5-9,14-15,23H2,1-4H3,(H,24,28,30). The van der Waals surface area contributed by atoms with Crippen molar-refractivity contribution in [3.63, 3.8) is 0 Å². The molecule has 0 aliphatic carbocycles. The van der Waals surface area contributed by atoms with Crippen molar-refractivity contribution in [2.45, 2.75) is 53.0 Å². The van der Waals surface area contributed by atoms with Crippen molar-refractivity contribution in [3.05, 3.63) is 50.7 Å². The summed E-state index contributed by atoms with van der Waals surface area (Å²) in [5.41, 5.74) is 6.36. The third-order valence-corrected chi connectivity index (χ3v) is 5.23. The van der Waals surface area contributed by atoms with E-state index in [1.54, 1.807) is 12.1 Å². The fourth-order valence-electron chi connectivity index (χ4n) is 3.37. The zero-order valence-electron chi connectivity index (χ0n) is 18.4. The first-order valence-electron chi connectivity index (χ1n) is 10.6. The minimum Gasteiger partial charge on any atom is -0.383 e. The Bertz CT molecular complexity index is 962. The Morgan fingerprint density at radius 1 is 1.07 bits per heavy atom. The minimum atomic E-state index is -0.672. The number of aromatic nitrogens is 2. The van der Waals surface area contributed by atoms with Gasteiger partial charge in [0.15, 0.2) is 5.69 Å². The molecule has 8 nitrogen and oxygen atoms in total. The van der Waals surface area contributed by atoms with Gasteiger partial charge < -0.3 is 15.5 Å². The molecule has 1 aromatic carbocycles. The summed E-state index contributed by atoms with van der Waals surface area (Å²) in [4.78, 5) is 43.2. The van der Waals surface area contributed by atoms with Crippen LogP contribution in [0.1, 0.15) is 56.8 Å². The van der Waals surface area contributed by atoms with E-state index in [-0.39, 0.29) is 17.4 Å². The molecule has 0 saturated heterocycles. The molecule has 1 aromatic heterocycles. The predicted molar refractivity (Wildman–Crippen MR) is 123 cm³/mol. The van der Waals surface area contributed by atoms with Gasteiger partial charge in [0.2, 0.25) is 0 Å². The lowest BCUT2D eigenvalue weighted by Gasteiger charge is -2.24. The summed E-state index contributed by atoms with van der Waals surface area (Å²) in [6, 6.07) is 7.33. The molecular formula is C22H33N5O3. The first-order valence-corrected chi connectivity index (χ1v) is 10.6. The Labute approximate surface area is 177 Å². The van der Waals surface area contributed by atoms with E-state index >= 15 is 0 Å². The van der Waals surface area contributed by atoms with E-state index < -0.39 is 11.2 Å². The third kappa shape index (κ3) is 5.11. The molecule has 0 fully saturated rings. The number of unbranched alkanes of at least 4 members (excludes halogenated alkanes) is 2. The van der Waals surface area contributed by atoms with Gasteiger partial charge >= 0.3 is 5.69 Å². The number of nitrogens with two attached hydrogens (primary N) is 1. The van der Waals surface area contributed by atoms with Crippen LogP contribution in [0, 0.1) is 0 Å². The number of nitrogens with one attached hydrogen (secondary N) is 1. The number of H-pyrrole nitrogens is 1. The highest BCUT2D eigenvalue weighted by molar-refractivity contribution is 6.07.